The van der Waals surface area contributed by atoms with E-state index in [0.717, 1.165) is 41.8 Å². The van der Waals surface area contributed by atoms with Crippen LogP contribution in [0.2, 0.25) is 0 Å². The standard InChI is InChI=1S/C19H21NO2/c1-14(21)17-7-4-5-9-19(17)18-8-3-2-6-15(18)13-22-16-10-11-20-12-16/h2-9,16,20H,10-13H2,1H3/t16-/m0/s1. The zero-order valence-electron chi connectivity index (χ0n) is 12.8. The van der Waals surface area contributed by atoms with E-state index in [9.17, 15) is 4.79 Å². The number of benzene rings is 2. The van der Waals surface area contributed by atoms with Crippen LogP contribution in [0.4, 0.5) is 0 Å². The first-order valence-corrected chi connectivity index (χ1v) is 7.76. The quantitative estimate of drug-likeness (QED) is 0.859. The van der Waals surface area contributed by atoms with Crippen molar-refractivity contribution in [1.29, 1.82) is 0 Å². The Labute approximate surface area is 131 Å². The third-order valence-electron chi connectivity index (χ3n) is 4.10. The second-order valence-corrected chi connectivity index (χ2v) is 5.68. The highest BCUT2D eigenvalue weighted by Crippen LogP contribution is 2.28. The molecule has 2 aromatic carbocycles. The van der Waals surface area contributed by atoms with Crippen molar-refractivity contribution in [3.63, 3.8) is 0 Å². The highest BCUT2D eigenvalue weighted by Gasteiger charge is 2.16. The first-order chi connectivity index (χ1) is 10.8. The summed E-state index contributed by atoms with van der Waals surface area (Å²) in [4.78, 5) is 11.9. The molecule has 3 rings (SSSR count). The Morgan fingerprint density at radius 2 is 1.86 bits per heavy atom. The molecule has 1 saturated heterocycles. The van der Waals surface area contributed by atoms with Gasteiger partial charge in [0.1, 0.15) is 0 Å². The first kappa shape index (κ1) is 14.9. The van der Waals surface area contributed by atoms with Gasteiger partial charge in [-0.3, -0.25) is 4.79 Å². The third kappa shape index (κ3) is 3.26. The molecule has 0 spiro atoms. The SMILES string of the molecule is CC(=O)c1ccccc1-c1ccccc1CO[C@H]1CCNC1. The van der Waals surface area contributed by atoms with Gasteiger partial charge in [-0.1, -0.05) is 48.5 Å². The molecule has 1 aliphatic heterocycles. The molecule has 22 heavy (non-hydrogen) atoms. The minimum absolute atomic E-state index is 0.0892. The molecule has 114 valence electrons. The van der Waals surface area contributed by atoms with Crippen molar-refractivity contribution in [2.45, 2.75) is 26.1 Å². The lowest BCUT2D eigenvalue weighted by Gasteiger charge is -2.15. The Morgan fingerprint density at radius 3 is 2.59 bits per heavy atom. The van der Waals surface area contributed by atoms with E-state index in [1.165, 1.54) is 0 Å². The maximum absolute atomic E-state index is 11.9. The molecule has 0 unspecified atom stereocenters. The average molecular weight is 295 g/mol. The van der Waals surface area contributed by atoms with Crippen LogP contribution in [0, 0.1) is 0 Å². The number of nitrogens with one attached hydrogen (secondary N) is 1. The summed E-state index contributed by atoms with van der Waals surface area (Å²) in [6.45, 7) is 4.14. The van der Waals surface area contributed by atoms with Gasteiger partial charge in [-0.05, 0) is 36.6 Å². The lowest BCUT2D eigenvalue weighted by molar-refractivity contribution is 0.0545. The van der Waals surface area contributed by atoms with E-state index in [1.54, 1.807) is 6.92 Å². The van der Waals surface area contributed by atoms with Crippen molar-refractivity contribution in [3.8, 4) is 11.1 Å². The number of hydrogen-bond acceptors (Lipinski definition) is 3. The van der Waals surface area contributed by atoms with Crippen LogP contribution >= 0.6 is 0 Å². The van der Waals surface area contributed by atoms with Crippen molar-refractivity contribution < 1.29 is 9.53 Å². The van der Waals surface area contributed by atoms with Crippen molar-refractivity contribution in [2.75, 3.05) is 13.1 Å². The van der Waals surface area contributed by atoms with E-state index in [4.69, 9.17) is 4.74 Å². The number of carbonyl (C=O) groups excluding carboxylic acids is 1. The summed E-state index contributed by atoms with van der Waals surface area (Å²) in [7, 11) is 0. The Hall–Kier alpha value is -1.97. The van der Waals surface area contributed by atoms with Crippen LogP contribution in [-0.4, -0.2) is 25.0 Å². The molecular weight excluding hydrogens is 274 g/mol. The number of Topliss-reactive ketones (excluding diaryl/α,β-unsaturated/α-hetero) is 1. The number of ether oxygens (including phenoxy) is 1. The van der Waals surface area contributed by atoms with Crippen molar-refractivity contribution >= 4 is 5.78 Å². The zero-order valence-corrected chi connectivity index (χ0v) is 12.8. The first-order valence-electron chi connectivity index (χ1n) is 7.76. The Balaban J connectivity index is 1.89. The molecule has 1 fully saturated rings. The molecule has 0 bridgehead atoms. The van der Waals surface area contributed by atoms with Crippen LogP contribution in [0.1, 0.15) is 29.3 Å². The van der Waals surface area contributed by atoms with Gasteiger partial charge in [0.2, 0.25) is 0 Å². The van der Waals surface area contributed by atoms with E-state index in [1.807, 2.05) is 36.4 Å². The van der Waals surface area contributed by atoms with Gasteiger partial charge in [-0.2, -0.15) is 0 Å². The molecule has 0 saturated carbocycles. The van der Waals surface area contributed by atoms with Gasteiger partial charge in [0.05, 0.1) is 12.7 Å². The van der Waals surface area contributed by atoms with E-state index in [0.29, 0.717) is 6.61 Å². The van der Waals surface area contributed by atoms with Crippen LogP contribution in [-0.2, 0) is 11.3 Å². The van der Waals surface area contributed by atoms with Crippen molar-refractivity contribution in [2.24, 2.45) is 0 Å². The molecule has 1 atom stereocenters. The fraction of sp³-hybridized carbons (Fsp3) is 0.316. The second-order valence-electron chi connectivity index (χ2n) is 5.68. The van der Waals surface area contributed by atoms with Gasteiger partial charge in [0.15, 0.2) is 5.78 Å². The lowest BCUT2D eigenvalue weighted by atomic mass is 9.94. The van der Waals surface area contributed by atoms with Gasteiger partial charge in [-0.15, -0.1) is 0 Å². The molecule has 1 aliphatic rings. The van der Waals surface area contributed by atoms with E-state index in [2.05, 4.69) is 17.4 Å². The molecule has 1 heterocycles. The molecule has 3 heteroatoms. The molecule has 0 amide bonds. The predicted molar refractivity (Wildman–Crippen MR) is 87.9 cm³/mol. The van der Waals surface area contributed by atoms with Gasteiger partial charge in [-0.25, -0.2) is 0 Å². The van der Waals surface area contributed by atoms with Gasteiger partial charge >= 0.3 is 0 Å². The summed E-state index contributed by atoms with van der Waals surface area (Å²) >= 11 is 0. The van der Waals surface area contributed by atoms with Gasteiger partial charge in [0.25, 0.3) is 0 Å². The van der Waals surface area contributed by atoms with Crippen LogP contribution in [0.3, 0.4) is 0 Å². The summed E-state index contributed by atoms with van der Waals surface area (Å²) in [5.41, 5.74) is 3.96. The summed E-state index contributed by atoms with van der Waals surface area (Å²) < 4.78 is 6.00. The number of rotatable bonds is 5. The smallest absolute Gasteiger partial charge is 0.160 e. The fourth-order valence-corrected chi connectivity index (χ4v) is 2.91. The van der Waals surface area contributed by atoms with Gasteiger partial charge < -0.3 is 10.1 Å². The molecule has 0 aromatic heterocycles. The van der Waals surface area contributed by atoms with E-state index >= 15 is 0 Å². The summed E-state index contributed by atoms with van der Waals surface area (Å²) in [5, 5.41) is 3.31. The number of carbonyl (C=O) groups is 1. The summed E-state index contributed by atoms with van der Waals surface area (Å²) in [5.74, 6) is 0.0892. The molecule has 1 N–H and O–H groups in total. The molecule has 0 radical (unpaired) electrons. The van der Waals surface area contributed by atoms with E-state index < -0.39 is 0 Å². The third-order valence-corrected chi connectivity index (χ3v) is 4.10. The topological polar surface area (TPSA) is 38.3 Å². The maximum atomic E-state index is 11.9. The summed E-state index contributed by atoms with van der Waals surface area (Å²) in [6, 6.07) is 15.9. The van der Waals surface area contributed by atoms with Crippen LogP contribution in [0.15, 0.2) is 48.5 Å². The van der Waals surface area contributed by atoms with Crippen molar-refractivity contribution in [1.82, 2.24) is 5.32 Å². The minimum Gasteiger partial charge on any atom is -0.372 e. The Bertz CT molecular complexity index is 660. The monoisotopic (exact) mass is 295 g/mol. The number of ketones is 1. The highest BCUT2D eigenvalue weighted by molar-refractivity contribution is 6.01. The molecule has 2 aromatic rings. The lowest BCUT2D eigenvalue weighted by Crippen LogP contribution is -2.16. The second kappa shape index (κ2) is 6.86. The normalized spacial score (nSPS) is 17.6. The average Bonchev–Trinajstić information content (AvgIpc) is 3.06. The summed E-state index contributed by atoms with van der Waals surface area (Å²) in [6.07, 6.45) is 1.35. The fourth-order valence-electron chi connectivity index (χ4n) is 2.91. The molecule has 3 nitrogen and oxygen atoms in total. The molecule has 0 aliphatic carbocycles. The van der Waals surface area contributed by atoms with Crippen LogP contribution in [0.25, 0.3) is 11.1 Å². The number of hydrogen-bond donors (Lipinski definition) is 1. The Kier molecular flexibility index (Phi) is 4.66. The van der Waals surface area contributed by atoms with Crippen LogP contribution in [0.5, 0.6) is 0 Å². The minimum atomic E-state index is 0.0892. The van der Waals surface area contributed by atoms with E-state index in [-0.39, 0.29) is 11.9 Å². The largest absolute Gasteiger partial charge is 0.372 e. The predicted octanol–water partition coefficient (Wildman–Crippen LogP) is 3.43. The zero-order chi connectivity index (χ0) is 15.4. The molecular formula is C19H21NO2. The van der Waals surface area contributed by atoms with Crippen molar-refractivity contribution in [3.05, 3.63) is 59.7 Å². The Morgan fingerprint density at radius 1 is 1.14 bits per heavy atom. The maximum Gasteiger partial charge on any atom is 0.160 e. The van der Waals surface area contributed by atoms with Gasteiger partial charge in [0, 0.05) is 12.1 Å². The highest BCUT2D eigenvalue weighted by atomic mass is 16.5. The van der Waals surface area contributed by atoms with Crippen LogP contribution < -0.4 is 5.32 Å².